The Labute approximate surface area is 208 Å². The van der Waals surface area contributed by atoms with Crippen LogP contribution in [0.5, 0.6) is 0 Å². The number of aromatic amines is 1. The van der Waals surface area contributed by atoms with Crippen LogP contribution < -0.4 is 5.32 Å². The van der Waals surface area contributed by atoms with Gasteiger partial charge in [-0.1, -0.05) is 43.0 Å². The molecule has 178 valence electrons. The summed E-state index contributed by atoms with van der Waals surface area (Å²) in [6, 6.07) is 15.1. The van der Waals surface area contributed by atoms with E-state index in [-0.39, 0.29) is 5.92 Å². The zero-order chi connectivity index (χ0) is 25.1. The van der Waals surface area contributed by atoms with E-state index in [9.17, 15) is 5.11 Å². The molecule has 3 aromatic carbocycles. The number of benzene rings is 3. The van der Waals surface area contributed by atoms with Gasteiger partial charge in [0.05, 0.1) is 17.2 Å². The number of fused-ring (bicyclic) bond motifs is 2. The van der Waals surface area contributed by atoms with Gasteiger partial charge in [-0.2, -0.15) is 0 Å². The molecule has 1 aliphatic heterocycles. The highest BCUT2D eigenvalue weighted by atomic mass is 16.3. The number of hydrogen-bond acceptors (Lipinski definition) is 2. The second kappa shape index (κ2) is 8.33. The van der Waals surface area contributed by atoms with Gasteiger partial charge in [-0.05, 0) is 87.6 Å². The van der Waals surface area contributed by atoms with E-state index < -0.39 is 11.6 Å². The molecule has 5 rings (SSSR count). The predicted molar refractivity (Wildman–Crippen MR) is 147 cm³/mol. The molecular formula is C32H34N2O. The predicted octanol–water partition coefficient (Wildman–Crippen LogP) is 7.14. The molecular weight excluding hydrogens is 428 g/mol. The summed E-state index contributed by atoms with van der Waals surface area (Å²) in [6.07, 6.45) is 1.53. The Bertz CT molecular complexity index is 1510. The van der Waals surface area contributed by atoms with Gasteiger partial charge >= 0.3 is 0 Å². The lowest BCUT2D eigenvalue weighted by atomic mass is 9.75. The summed E-state index contributed by atoms with van der Waals surface area (Å²) in [4.78, 5) is 3.49. The third-order valence-electron chi connectivity index (χ3n) is 7.44. The second-order valence-corrected chi connectivity index (χ2v) is 10.8. The highest BCUT2D eigenvalue weighted by Gasteiger charge is 2.40. The molecule has 0 bridgehead atoms. The number of aryl methyl sites for hydroxylation is 4. The lowest BCUT2D eigenvalue weighted by molar-refractivity contribution is 0.0868. The largest absolute Gasteiger partial charge is 0.390 e. The zero-order valence-electron chi connectivity index (χ0n) is 21.7. The van der Waals surface area contributed by atoms with Gasteiger partial charge in [0.2, 0.25) is 0 Å². The van der Waals surface area contributed by atoms with Crippen LogP contribution >= 0.6 is 0 Å². The van der Waals surface area contributed by atoms with Gasteiger partial charge in [0.15, 0.2) is 0 Å². The van der Waals surface area contributed by atoms with E-state index in [2.05, 4.69) is 119 Å². The first-order valence-corrected chi connectivity index (χ1v) is 12.4. The van der Waals surface area contributed by atoms with Gasteiger partial charge < -0.3 is 15.4 Å². The molecule has 35 heavy (non-hydrogen) atoms. The molecule has 0 radical (unpaired) electrons. The average Bonchev–Trinajstić information content (AvgIpc) is 3.17. The van der Waals surface area contributed by atoms with E-state index in [1.165, 1.54) is 27.6 Å². The molecule has 0 fully saturated rings. The number of aromatic nitrogens is 1. The zero-order valence-corrected chi connectivity index (χ0v) is 21.7. The minimum Gasteiger partial charge on any atom is -0.390 e. The SMILES string of the molecule is Cc1cc(C)cc(C#Cc2c(-c3cccc4c(C)c[nH]c34)cc(C)c3c2[C@H](C)[C@@H](O)C(C)(C)N3)c1. The number of aliphatic hydroxyl groups is 1. The van der Waals surface area contributed by atoms with Crippen LogP contribution in [0.4, 0.5) is 5.69 Å². The van der Waals surface area contributed by atoms with E-state index in [0.29, 0.717) is 0 Å². The molecule has 3 nitrogen and oxygen atoms in total. The van der Waals surface area contributed by atoms with Crippen molar-refractivity contribution in [2.45, 2.75) is 66.0 Å². The Hall–Kier alpha value is -3.48. The maximum absolute atomic E-state index is 11.2. The van der Waals surface area contributed by atoms with E-state index in [1.54, 1.807) is 0 Å². The molecule has 1 aromatic heterocycles. The van der Waals surface area contributed by atoms with Crippen molar-refractivity contribution >= 4 is 16.6 Å². The fourth-order valence-electron chi connectivity index (χ4n) is 5.69. The lowest BCUT2D eigenvalue weighted by Gasteiger charge is -2.43. The molecule has 0 saturated carbocycles. The second-order valence-electron chi connectivity index (χ2n) is 10.8. The van der Waals surface area contributed by atoms with Gasteiger partial charge in [0.25, 0.3) is 0 Å². The van der Waals surface area contributed by atoms with Crippen LogP contribution in [-0.2, 0) is 0 Å². The molecule has 0 unspecified atom stereocenters. The lowest BCUT2D eigenvalue weighted by Crippen LogP contribution is -2.50. The van der Waals surface area contributed by atoms with Crippen molar-refractivity contribution in [3.63, 3.8) is 0 Å². The van der Waals surface area contributed by atoms with Crippen LogP contribution in [0.2, 0.25) is 0 Å². The highest BCUT2D eigenvalue weighted by molar-refractivity contribution is 5.98. The summed E-state index contributed by atoms with van der Waals surface area (Å²) in [5, 5.41) is 16.1. The third kappa shape index (κ3) is 3.93. The van der Waals surface area contributed by atoms with Crippen LogP contribution in [0.15, 0.2) is 48.7 Å². The van der Waals surface area contributed by atoms with E-state index >= 15 is 0 Å². The van der Waals surface area contributed by atoms with Crippen molar-refractivity contribution in [2.24, 2.45) is 0 Å². The summed E-state index contributed by atoms with van der Waals surface area (Å²) in [5.41, 5.74) is 11.9. The molecule has 3 N–H and O–H groups in total. The molecule has 3 heteroatoms. The first-order valence-electron chi connectivity index (χ1n) is 12.4. The Morgan fingerprint density at radius 1 is 0.886 bits per heavy atom. The van der Waals surface area contributed by atoms with E-state index in [4.69, 9.17) is 0 Å². The van der Waals surface area contributed by atoms with Crippen LogP contribution in [0.1, 0.15) is 65.6 Å². The summed E-state index contributed by atoms with van der Waals surface area (Å²) >= 11 is 0. The Balaban J connectivity index is 1.83. The monoisotopic (exact) mass is 462 g/mol. The Kier molecular flexibility index (Phi) is 5.54. The van der Waals surface area contributed by atoms with Crippen LogP contribution in [0.25, 0.3) is 22.0 Å². The average molecular weight is 463 g/mol. The molecule has 0 saturated heterocycles. The van der Waals surface area contributed by atoms with Gasteiger partial charge in [0.1, 0.15) is 0 Å². The molecule has 1 aliphatic rings. The maximum Gasteiger partial charge on any atom is 0.0831 e. The van der Waals surface area contributed by atoms with Crippen molar-refractivity contribution in [3.05, 3.63) is 87.6 Å². The quantitative estimate of drug-likeness (QED) is 0.263. The van der Waals surface area contributed by atoms with E-state index in [1.807, 2.05) is 0 Å². The number of H-pyrrole nitrogens is 1. The van der Waals surface area contributed by atoms with Crippen LogP contribution in [-0.4, -0.2) is 21.7 Å². The third-order valence-corrected chi connectivity index (χ3v) is 7.44. The summed E-state index contributed by atoms with van der Waals surface area (Å²) in [7, 11) is 0. The molecule has 0 spiro atoms. The molecule has 0 amide bonds. The van der Waals surface area contributed by atoms with Crippen molar-refractivity contribution < 1.29 is 5.11 Å². The summed E-state index contributed by atoms with van der Waals surface area (Å²) in [6.45, 7) is 14.7. The molecule has 2 atom stereocenters. The first kappa shape index (κ1) is 23.3. The van der Waals surface area contributed by atoms with E-state index in [0.717, 1.165) is 39.0 Å². The van der Waals surface area contributed by atoms with Crippen molar-refractivity contribution in [1.29, 1.82) is 0 Å². The maximum atomic E-state index is 11.2. The van der Waals surface area contributed by atoms with Crippen molar-refractivity contribution in [3.8, 4) is 23.0 Å². The number of para-hydroxylation sites is 1. The molecule has 2 heterocycles. The van der Waals surface area contributed by atoms with Crippen LogP contribution in [0, 0.1) is 39.5 Å². The van der Waals surface area contributed by atoms with Crippen molar-refractivity contribution in [2.75, 3.05) is 5.32 Å². The number of rotatable bonds is 1. The molecule has 0 aliphatic carbocycles. The van der Waals surface area contributed by atoms with Gasteiger partial charge in [-0.25, -0.2) is 0 Å². The summed E-state index contributed by atoms with van der Waals surface area (Å²) in [5.74, 6) is 6.97. The summed E-state index contributed by atoms with van der Waals surface area (Å²) < 4.78 is 0. The van der Waals surface area contributed by atoms with Gasteiger partial charge in [-0.15, -0.1) is 0 Å². The van der Waals surface area contributed by atoms with Crippen molar-refractivity contribution in [1.82, 2.24) is 4.98 Å². The number of hydrogen-bond donors (Lipinski definition) is 3. The minimum atomic E-state index is -0.532. The number of nitrogens with one attached hydrogen (secondary N) is 2. The Morgan fingerprint density at radius 2 is 1.60 bits per heavy atom. The first-order chi connectivity index (χ1) is 16.6. The fraction of sp³-hybridized carbons (Fsp3) is 0.312. The Morgan fingerprint density at radius 3 is 2.31 bits per heavy atom. The van der Waals surface area contributed by atoms with Crippen LogP contribution in [0.3, 0.4) is 0 Å². The molecule has 4 aromatic rings. The van der Waals surface area contributed by atoms with Gasteiger partial charge in [0, 0.05) is 45.4 Å². The smallest absolute Gasteiger partial charge is 0.0831 e. The minimum absolute atomic E-state index is 0.0620. The topological polar surface area (TPSA) is 48.0 Å². The number of anilines is 1. The highest BCUT2D eigenvalue weighted by Crippen LogP contribution is 2.46. The van der Waals surface area contributed by atoms with Gasteiger partial charge in [-0.3, -0.25) is 0 Å². The number of aliphatic hydroxyl groups excluding tert-OH is 1. The fourth-order valence-corrected chi connectivity index (χ4v) is 5.69. The normalized spacial score (nSPS) is 18.5. The standard InChI is InChI=1S/C32H34N2O/c1-18-13-19(2)15-23(14-18)11-12-25-27(26-10-8-9-24-21(4)17-33-30(24)26)16-20(3)29-28(25)22(5)31(35)32(6,7)34-29/h8-10,13-17,22,31,33-35H,1-7H3/t22-,31+/m0/s1.